The van der Waals surface area contributed by atoms with Gasteiger partial charge in [0.2, 0.25) is 5.91 Å². The second-order valence-electron chi connectivity index (χ2n) is 4.73. The van der Waals surface area contributed by atoms with Gasteiger partial charge >= 0.3 is 5.97 Å². The Morgan fingerprint density at radius 1 is 1.42 bits per heavy atom. The van der Waals surface area contributed by atoms with E-state index in [0.29, 0.717) is 13.0 Å². The Morgan fingerprint density at radius 3 is 2.58 bits per heavy atom. The van der Waals surface area contributed by atoms with Crippen LogP contribution in [0.4, 0.5) is 0 Å². The normalized spacial score (nSPS) is 20.4. The molecule has 0 bridgehead atoms. The summed E-state index contributed by atoms with van der Waals surface area (Å²) in [6.45, 7) is 2.00. The molecule has 1 aliphatic rings. The van der Waals surface area contributed by atoms with Crippen molar-refractivity contribution in [3.63, 3.8) is 0 Å². The largest absolute Gasteiger partial charge is 0.497 e. The summed E-state index contributed by atoms with van der Waals surface area (Å²) >= 11 is 0. The maximum absolute atomic E-state index is 11.9. The monoisotopic (exact) mass is 263 g/mol. The first kappa shape index (κ1) is 13.4. The van der Waals surface area contributed by atoms with E-state index in [1.807, 2.05) is 24.3 Å². The Morgan fingerprint density at radius 2 is 2.05 bits per heavy atom. The van der Waals surface area contributed by atoms with E-state index in [4.69, 9.17) is 9.84 Å². The Bertz CT molecular complexity index is 483. The SMILES string of the molecule is COc1ccc(C2CC(=O)N(C(C)C(=O)O)C2)cc1. The van der Waals surface area contributed by atoms with Gasteiger partial charge in [-0.25, -0.2) is 4.79 Å². The summed E-state index contributed by atoms with van der Waals surface area (Å²) < 4.78 is 5.09. The van der Waals surface area contributed by atoms with Crippen molar-refractivity contribution in [2.75, 3.05) is 13.7 Å². The Balaban J connectivity index is 2.11. The number of carboxylic acids is 1. The minimum atomic E-state index is -0.969. The van der Waals surface area contributed by atoms with Crippen molar-refractivity contribution in [2.45, 2.75) is 25.3 Å². The molecule has 1 aliphatic heterocycles. The molecule has 1 N–H and O–H groups in total. The topological polar surface area (TPSA) is 66.8 Å². The van der Waals surface area contributed by atoms with Crippen molar-refractivity contribution >= 4 is 11.9 Å². The lowest BCUT2D eigenvalue weighted by Gasteiger charge is -2.21. The summed E-state index contributed by atoms with van der Waals surface area (Å²) in [6, 6.07) is 6.78. The number of methoxy groups -OCH3 is 1. The van der Waals surface area contributed by atoms with Crippen LogP contribution in [0.2, 0.25) is 0 Å². The maximum Gasteiger partial charge on any atom is 0.326 e. The van der Waals surface area contributed by atoms with Crippen molar-refractivity contribution in [1.29, 1.82) is 0 Å². The minimum Gasteiger partial charge on any atom is -0.497 e. The van der Waals surface area contributed by atoms with Gasteiger partial charge in [-0.05, 0) is 24.6 Å². The number of nitrogens with zero attached hydrogens (tertiary/aromatic N) is 1. The molecule has 0 saturated carbocycles. The van der Waals surface area contributed by atoms with E-state index >= 15 is 0 Å². The van der Waals surface area contributed by atoms with E-state index in [1.54, 1.807) is 7.11 Å². The van der Waals surface area contributed by atoms with E-state index < -0.39 is 12.0 Å². The van der Waals surface area contributed by atoms with E-state index in [9.17, 15) is 9.59 Å². The molecule has 2 atom stereocenters. The van der Waals surface area contributed by atoms with Crippen LogP contribution in [-0.2, 0) is 9.59 Å². The summed E-state index contributed by atoms with van der Waals surface area (Å²) in [7, 11) is 1.60. The second kappa shape index (κ2) is 5.30. The van der Waals surface area contributed by atoms with Gasteiger partial charge in [0.1, 0.15) is 11.8 Å². The van der Waals surface area contributed by atoms with E-state index in [0.717, 1.165) is 11.3 Å². The highest BCUT2D eigenvalue weighted by Gasteiger charge is 2.35. The molecular formula is C14H17NO4. The number of carboxylic acid groups (broad SMARTS) is 1. The third kappa shape index (κ3) is 2.70. The van der Waals surface area contributed by atoms with Crippen molar-refractivity contribution in [1.82, 2.24) is 4.90 Å². The molecule has 19 heavy (non-hydrogen) atoms. The fourth-order valence-corrected chi connectivity index (χ4v) is 2.34. The molecular weight excluding hydrogens is 246 g/mol. The molecule has 1 heterocycles. The number of benzene rings is 1. The molecule has 0 aliphatic carbocycles. The standard InChI is InChI=1S/C14H17NO4/c1-9(14(17)18)15-8-11(7-13(15)16)10-3-5-12(19-2)6-4-10/h3-6,9,11H,7-8H2,1-2H3,(H,17,18). The fourth-order valence-electron chi connectivity index (χ4n) is 2.34. The van der Waals surface area contributed by atoms with Crippen LogP contribution in [0.3, 0.4) is 0 Å². The molecule has 2 rings (SSSR count). The van der Waals surface area contributed by atoms with Gasteiger partial charge in [-0.2, -0.15) is 0 Å². The second-order valence-corrected chi connectivity index (χ2v) is 4.73. The summed E-state index contributed by atoms with van der Waals surface area (Å²) in [5, 5.41) is 8.97. The van der Waals surface area contributed by atoms with E-state index in [1.165, 1.54) is 11.8 Å². The van der Waals surface area contributed by atoms with Gasteiger partial charge in [-0.15, -0.1) is 0 Å². The molecule has 0 radical (unpaired) electrons. The van der Waals surface area contributed by atoms with Crippen LogP contribution < -0.4 is 4.74 Å². The third-order valence-corrected chi connectivity index (χ3v) is 3.57. The average molecular weight is 263 g/mol. The molecule has 102 valence electrons. The van der Waals surface area contributed by atoms with Crippen LogP contribution in [-0.4, -0.2) is 41.6 Å². The number of rotatable bonds is 4. The Hall–Kier alpha value is -2.04. The first-order valence-electron chi connectivity index (χ1n) is 6.19. The number of aliphatic carboxylic acids is 1. The zero-order valence-electron chi connectivity index (χ0n) is 11.0. The molecule has 1 aromatic carbocycles. The number of carbonyl (C=O) groups is 2. The summed E-state index contributed by atoms with van der Waals surface area (Å²) in [5.41, 5.74) is 1.04. The molecule has 5 nitrogen and oxygen atoms in total. The Kier molecular flexibility index (Phi) is 3.74. The lowest BCUT2D eigenvalue weighted by atomic mass is 9.98. The number of hydrogen-bond donors (Lipinski definition) is 1. The first-order chi connectivity index (χ1) is 9.02. The molecule has 1 aromatic rings. The first-order valence-corrected chi connectivity index (χ1v) is 6.19. The highest BCUT2D eigenvalue weighted by molar-refractivity contribution is 5.85. The fraction of sp³-hybridized carbons (Fsp3) is 0.429. The predicted molar refractivity (Wildman–Crippen MR) is 69.2 cm³/mol. The summed E-state index contributed by atoms with van der Waals surface area (Å²) in [4.78, 5) is 24.2. The van der Waals surface area contributed by atoms with Gasteiger partial charge in [0.05, 0.1) is 7.11 Å². The minimum absolute atomic E-state index is 0.0557. The lowest BCUT2D eigenvalue weighted by molar-refractivity contribution is -0.147. The highest BCUT2D eigenvalue weighted by atomic mass is 16.5. The zero-order valence-corrected chi connectivity index (χ0v) is 11.0. The quantitative estimate of drug-likeness (QED) is 0.893. The number of carbonyl (C=O) groups excluding carboxylic acids is 1. The molecule has 5 heteroatoms. The molecule has 1 amide bonds. The lowest BCUT2D eigenvalue weighted by Crippen LogP contribution is -2.39. The average Bonchev–Trinajstić information content (AvgIpc) is 2.80. The third-order valence-electron chi connectivity index (χ3n) is 3.57. The van der Waals surface area contributed by atoms with Crippen molar-refractivity contribution < 1.29 is 19.4 Å². The van der Waals surface area contributed by atoms with Crippen LogP contribution in [0.1, 0.15) is 24.8 Å². The van der Waals surface area contributed by atoms with Crippen molar-refractivity contribution in [3.8, 4) is 5.75 Å². The molecule has 1 fully saturated rings. The molecule has 1 saturated heterocycles. The van der Waals surface area contributed by atoms with Crippen LogP contribution in [0, 0.1) is 0 Å². The number of ether oxygens (including phenoxy) is 1. The smallest absolute Gasteiger partial charge is 0.326 e. The predicted octanol–water partition coefficient (Wildman–Crippen LogP) is 1.48. The van der Waals surface area contributed by atoms with Gasteiger partial charge in [0.25, 0.3) is 0 Å². The molecule has 2 unspecified atom stereocenters. The summed E-state index contributed by atoms with van der Waals surface area (Å²) in [6.07, 6.45) is 0.365. The van der Waals surface area contributed by atoms with E-state index in [2.05, 4.69) is 0 Å². The van der Waals surface area contributed by atoms with E-state index in [-0.39, 0.29) is 11.8 Å². The van der Waals surface area contributed by atoms with Gasteiger partial charge in [-0.3, -0.25) is 4.79 Å². The van der Waals surface area contributed by atoms with Crippen LogP contribution in [0.25, 0.3) is 0 Å². The van der Waals surface area contributed by atoms with Gasteiger partial charge in [-0.1, -0.05) is 12.1 Å². The highest BCUT2D eigenvalue weighted by Crippen LogP contribution is 2.30. The van der Waals surface area contributed by atoms with Crippen molar-refractivity contribution in [3.05, 3.63) is 29.8 Å². The van der Waals surface area contributed by atoms with Gasteiger partial charge in [0, 0.05) is 18.9 Å². The summed E-state index contributed by atoms with van der Waals surface area (Å²) in [5.74, 6) is -0.247. The number of hydrogen-bond acceptors (Lipinski definition) is 3. The maximum atomic E-state index is 11.9. The number of amides is 1. The van der Waals surface area contributed by atoms with Crippen molar-refractivity contribution in [2.24, 2.45) is 0 Å². The number of likely N-dealkylation sites (tertiary alicyclic amines) is 1. The van der Waals surface area contributed by atoms with Crippen LogP contribution in [0.15, 0.2) is 24.3 Å². The molecule has 0 aromatic heterocycles. The van der Waals surface area contributed by atoms with Crippen LogP contribution >= 0.6 is 0 Å². The van der Waals surface area contributed by atoms with Crippen LogP contribution in [0.5, 0.6) is 5.75 Å². The molecule has 0 spiro atoms. The van der Waals surface area contributed by atoms with Gasteiger partial charge in [0.15, 0.2) is 0 Å². The Labute approximate surface area is 111 Å². The van der Waals surface area contributed by atoms with Gasteiger partial charge < -0.3 is 14.7 Å². The zero-order chi connectivity index (χ0) is 14.0.